The Morgan fingerprint density at radius 2 is 2.11 bits per heavy atom. The first-order valence-corrected chi connectivity index (χ1v) is 8.71. The number of nitrogens with zero attached hydrogens (tertiary/aromatic N) is 2. The van der Waals surface area contributed by atoms with Crippen molar-refractivity contribution in [3.63, 3.8) is 0 Å². The molecule has 6 nitrogen and oxygen atoms in total. The molecule has 0 aliphatic carbocycles. The number of aromatic nitrogens is 1. The molecule has 138 valence electrons. The minimum atomic E-state index is -0.988. The summed E-state index contributed by atoms with van der Waals surface area (Å²) in [6.07, 6.45) is 2.09. The molecule has 0 fully saturated rings. The van der Waals surface area contributed by atoms with Gasteiger partial charge in [0, 0.05) is 17.7 Å². The standard InChI is InChI=1S/C21H20N2O4/c1-13-9-14(11-15(10-13)26-2)18(19-22-7-8-27-19)12-23-20(24)16-5-3-4-6-17(16)21(23)25/h3-11,18,20,24H,12H2,1-2H3. The van der Waals surface area contributed by atoms with Crippen molar-refractivity contribution in [3.8, 4) is 5.75 Å². The lowest BCUT2D eigenvalue weighted by Gasteiger charge is -2.26. The molecule has 0 spiro atoms. The van der Waals surface area contributed by atoms with Crippen molar-refractivity contribution >= 4 is 5.91 Å². The summed E-state index contributed by atoms with van der Waals surface area (Å²) >= 11 is 0. The predicted molar refractivity (Wildman–Crippen MR) is 98.5 cm³/mol. The Balaban J connectivity index is 1.72. The second-order valence-electron chi connectivity index (χ2n) is 6.62. The Morgan fingerprint density at radius 3 is 2.81 bits per heavy atom. The number of aliphatic hydroxyl groups is 1. The summed E-state index contributed by atoms with van der Waals surface area (Å²) in [4.78, 5) is 18.6. The maximum atomic E-state index is 12.8. The van der Waals surface area contributed by atoms with Crippen molar-refractivity contribution in [1.29, 1.82) is 0 Å². The number of aryl methyl sites for hydroxylation is 1. The van der Waals surface area contributed by atoms with Crippen molar-refractivity contribution in [2.45, 2.75) is 19.1 Å². The number of hydrogen-bond donors (Lipinski definition) is 1. The van der Waals surface area contributed by atoms with Crippen LogP contribution in [0.4, 0.5) is 0 Å². The summed E-state index contributed by atoms with van der Waals surface area (Å²) < 4.78 is 10.9. The lowest BCUT2D eigenvalue weighted by molar-refractivity contribution is 0.0155. The molecule has 1 aromatic heterocycles. The van der Waals surface area contributed by atoms with E-state index in [2.05, 4.69) is 4.98 Å². The van der Waals surface area contributed by atoms with Crippen LogP contribution in [0, 0.1) is 6.92 Å². The quantitative estimate of drug-likeness (QED) is 0.752. The van der Waals surface area contributed by atoms with Gasteiger partial charge in [-0.15, -0.1) is 0 Å². The molecular weight excluding hydrogens is 344 g/mol. The highest BCUT2D eigenvalue weighted by molar-refractivity contribution is 5.98. The van der Waals surface area contributed by atoms with Crippen molar-refractivity contribution in [1.82, 2.24) is 9.88 Å². The molecular formula is C21H20N2O4. The van der Waals surface area contributed by atoms with Gasteiger partial charge in [-0.05, 0) is 36.2 Å². The summed E-state index contributed by atoms with van der Waals surface area (Å²) in [7, 11) is 1.61. The SMILES string of the molecule is COc1cc(C)cc(C(CN2C(=O)c3ccccc3C2O)c2ncco2)c1. The summed E-state index contributed by atoms with van der Waals surface area (Å²) in [5, 5.41) is 10.7. The van der Waals surface area contributed by atoms with Gasteiger partial charge in [0.05, 0.1) is 19.2 Å². The number of carbonyl (C=O) groups is 1. The van der Waals surface area contributed by atoms with Gasteiger partial charge in [0.15, 0.2) is 6.23 Å². The molecule has 27 heavy (non-hydrogen) atoms. The first-order chi connectivity index (χ1) is 13.1. The number of methoxy groups -OCH3 is 1. The molecule has 0 saturated heterocycles. The fourth-order valence-electron chi connectivity index (χ4n) is 3.56. The van der Waals surface area contributed by atoms with Crippen molar-refractivity contribution in [2.24, 2.45) is 0 Å². The lowest BCUT2D eigenvalue weighted by Crippen LogP contribution is -2.33. The Labute approximate surface area is 157 Å². The third-order valence-electron chi connectivity index (χ3n) is 4.87. The Morgan fingerprint density at radius 1 is 1.30 bits per heavy atom. The first-order valence-electron chi connectivity index (χ1n) is 8.71. The second kappa shape index (κ2) is 6.89. The maximum Gasteiger partial charge on any atom is 0.256 e. The molecule has 1 aliphatic rings. The van der Waals surface area contributed by atoms with Crippen LogP contribution in [0.2, 0.25) is 0 Å². The summed E-state index contributed by atoms with van der Waals surface area (Å²) in [6.45, 7) is 2.21. The highest BCUT2D eigenvalue weighted by Gasteiger charge is 2.37. The summed E-state index contributed by atoms with van der Waals surface area (Å²) in [5.74, 6) is 0.674. The number of rotatable bonds is 5. The van der Waals surface area contributed by atoms with Crippen LogP contribution < -0.4 is 4.74 Å². The van der Waals surface area contributed by atoms with E-state index in [-0.39, 0.29) is 18.4 Å². The zero-order valence-electron chi connectivity index (χ0n) is 15.1. The van der Waals surface area contributed by atoms with E-state index < -0.39 is 6.23 Å². The van der Waals surface area contributed by atoms with Crippen LogP contribution in [-0.4, -0.2) is 34.6 Å². The van der Waals surface area contributed by atoms with E-state index in [1.165, 1.54) is 11.2 Å². The van der Waals surface area contributed by atoms with E-state index in [4.69, 9.17) is 9.15 Å². The van der Waals surface area contributed by atoms with Crippen LogP contribution >= 0.6 is 0 Å². The first kappa shape index (κ1) is 17.3. The summed E-state index contributed by atoms with van der Waals surface area (Å²) in [6, 6.07) is 13.0. The van der Waals surface area contributed by atoms with Crippen molar-refractivity contribution in [3.05, 3.63) is 83.1 Å². The third kappa shape index (κ3) is 3.08. The van der Waals surface area contributed by atoms with Crippen LogP contribution in [-0.2, 0) is 0 Å². The molecule has 6 heteroatoms. The van der Waals surface area contributed by atoms with Crippen LogP contribution in [0.25, 0.3) is 0 Å². The van der Waals surface area contributed by atoms with E-state index in [1.54, 1.807) is 31.5 Å². The minimum Gasteiger partial charge on any atom is -0.497 e. The monoisotopic (exact) mass is 364 g/mol. The largest absolute Gasteiger partial charge is 0.497 e. The average molecular weight is 364 g/mol. The topological polar surface area (TPSA) is 75.8 Å². The molecule has 0 radical (unpaired) electrons. The second-order valence-corrected chi connectivity index (χ2v) is 6.62. The average Bonchev–Trinajstić information content (AvgIpc) is 3.28. The van der Waals surface area contributed by atoms with E-state index >= 15 is 0 Å². The lowest BCUT2D eigenvalue weighted by atomic mass is 9.96. The van der Waals surface area contributed by atoms with Gasteiger partial charge in [-0.3, -0.25) is 4.79 Å². The number of oxazole rings is 1. The van der Waals surface area contributed by atoms with Crippen LogP contribution in [0.5, 0.6) is 5.75 Å². The third-order valence-corrected chi connectivity index (χ3v) is 4.87. The number of benzene rings is 2. The highest BCUT2D eigenvalue weighted by atomic mass is 16.5. The molecule has 1 amide bonds. The van der Waals surface area contributed by atoms with Gasteiger partial charge in [0.25, 0.3) is 5.91 Å². The van der Waals surface area contributed by atoms with Gasteiger partial charge in [-0.1, -0.05) is 24.3 Å². The van der Waals surface area contributed by atoms with Gasteiger partial charge in [0.2, 0.25) is 5.89 Å². The van der Waals surface area contributed by atoms with Crippen LogP contribution in [0.1, 0.15) is 45.1 Å². The van der Waals surface area contributed by atoms with E-state index in [0.717, 1.165) is 16.9 Å². The van der Waals surface area contributed by atoms with Gasteiger partial charge in [-0.25, -0.2) is 4.98 Å². The predicted octanol–water partition coefficient (Wildman–Crippen LogP) is 3.27. The zero-order chi connectivity index (χ0) is 19.0. The number of hydrogen-bond acceptors (Lipinski definition) is 5. The Kier molecular flexibility index (Phi) is 4.41. The fourth-order valence-corrected chi connectivity index (χ4v) is 3.56. The molecule has 1 aliphatic heterocycles. The molecule has 2 heterocycles. The minimum absolute atomic E-state index is 0.200. The molecule has 4 rings (SSSR count). The molecule has 2 atom stereocenters. The van der Waals surface area contributed by atoms with Gasteiger partial charge in [-0.2, -0.15) is 0 Å². The molecule has 1 N–H and O–H groups in total. The van der Waals surface area contributed by atoms with Crippen LogP contribution in [0.15, 0.2) is 59.3 Å². The molecule has 0 bridgehead atoms. The number of aliphatic hydroxyl groups excluding tert-OH is 1. The number of fused-ring (bicyclic) bond motifs is 1. The van der Waals surface area contributed by atoms with Gasteiger partial charge >= 0.3 is 0 Å². The van der Waals surface area contributed by atoms with Crippen LogP contribution in [0.3, 0.4) is 0 Å². The summed E-state index contributed by atoms with van der Waals surface area (Å²) in [5.41, 5.74) is 3.08. The highest BCUT2D eigenvalue weighted by Crippen LogP contribution is 2.36. The van der Waals surface area contributed by atoms with Crippen molar-refractivity contribution in [2.75, 3.05) is 13.7 Å². The molecule has 2 unspecified atom stereocenters. The maximum absolute atomic E-state index is 12.8. The van der Waals surface area contributed by atoms with Gasteiger partial charge in [0.1, 0.15) is 12.0 Å². The smallest absolute Gasteiger partial charge is 0.256 e. The number of ether oxygens (including phenoxy) is 1. The van der Waals surface area contributed by atoms with Gasteiger partial charge < -0.3 is 19.2 Å². The fraction of sp³-hybridized carbons (Fsp3) is 0.238. The van der Waals surface area contributed by atoms with E-state index in [9.17, 15) is 9.90 Å². The number of carbonyl (C=O) groups excluding carboxylic acids is 1. The molecule has 3 aromatic rings. The Hall–Kier alpha value is -3.12. The van der Waals surface area contributed by atoms with E-state index in [0.29, 0.717) is 17.0 Å². The van der Waals surface area contributed by atoms with Crippen molar-refractivity contribution < 1.29 is 19.1 Å². The number of amides is 1. The molecule has 2 aromatic carbocycles. The molecule has 0 saturated carbocycles. The Bertz CT molecular complexity index is 968. The zero-order valence-corrected chi connectivity index (χ0v) is 15.1. The van der Waals surface area contributed by atoms with E-state index in [1.807, 2.05) is 31.2 Å². The normalized spacial score (nSPS) is 17.1.